The molecule has 2 saturated heterocycles. The molecule has 11 heteroatoms. The van der Waals surface area contributed by atoms with E-state index in [1.165, 1.54) is 44.1 Å². The van der Waals surface area contributed by atoms with E-state index >= 15 is 0 Å². The molecule has 1 amide bonds. The third kappa shape index (κ3) is 8.54. The van der Waals surface area contributed by atoms with Crippen LogP contribution in [0.15, 0.2) is 67.0 Å². The Morgan fingerprint density at radius 2 is 1.83 bits per heavy atom. The first-order chi connectivity index (χ1) is 25.4. The lowest BCUT2D eigenvalue weighted by atomic mass is 9.67. The fourth-order valence-electron chi connectivity index (χ4n) is 8.94. The maximum Gasteiger partial charge on any atom is 0.512 e. The molecule has 2 aromatic carbocycles. The predicted molar refractivity (Wildman–Crippen MR) is 207 cm³/mol. The van der Waals surface area contributed by atoms with Gasteiger partial charge in [0.1, 0.15) is 12.4 Å². The molecule has 4 N–H and O–H groups in total. The van der Waals surface area contributed by atoms with Crippen molar-refractivity contribution in [1.82, 2.24) is 20.5 Å². The summed E-state index contributed by atoms with van der Waals surface area (Å²) in [7, 11) is 2.12. The number of ether oxygens (including phenoxy) is 2. The number of aryl methyl sites for hydroxylation is 1. The van der Waals surface area contributed by atoms with Crippen LogP contribution in [0.2, 0.25) is 0 Å². The minimum absolute atomic E-state index is 0.124. The average Bonchev–Trinajstić information content (AvgIpc) is 3.36. The molecule has 2 saturated carbocycles. The summed E-state index contributed by atoms with van der Waals surface area (Å²) in [5, 5.41) is 14.9. The van der Waals surface area contributed by atoms with E-state index in [1.54, 1.807) is 0 Å². The number of piperazine rings is 1. The summed E-state index contributed by atoms with van der Waals surface area (Å²) >= 11 is 0. The number of anilines is 2. The lowest BCUT2D eigenvalue weighted by Crippen LogP contribution is -2.58. The van der Waals surface area contributed by atoms with Gasteiger partial charge in [0.2, 0.25) is 6.73 Å². The van der Waals surface area contributed by atoms with Gasteiger partial charge < -0.3 is 20.1 Å². The number of pyridine rings is 1. The number of hydrogen-bond acceptors (Lipinski definition) is 9. The van der Waals surface area contributed by atoms with Gasteiger partial charge in [0.15, 0.2) is 0 Å². The Balaban J connectivity index is 0.930. The van der Waals surface area contributed by atoms with Crippen molar-refractivity contribution in [1.29, 1.82) is 0 Å². The highest BCUT2D eigenvalue weighted by Crippen LogP contribution is 2.60. The zero-order valence-electron chi connectivity index (χ0n) is 32.1. The Bertz CT molecular complexity index is 1750. The third-order valence-corrected chi connectivity index (χ3v) is 12.6. The highest BCUT2D eigenvalue weighted by molar-refractivity contribution is 6.04. The van der Waals surface area contributed by atoms with Crippen LogP contribution in [-0.2, 0) is 16.0 Å². The fraction of sp³-hybridized carbons (Fsp3) is 0.548. The van der Waals surface area contributed by atoms with Crippen molar-refractivity contribution in [3.8, 4) is 0 Å². The minimum atomic E-state index is -0.593. The van der Waals surface area contributed by atoms with Gasteiger partial charge in [-0.05, 0) is 104 Å². The van der Waals surface area contributed by atoms with Crippen molar-refractivity contribution in [3.05, 3.63) is 89.2 Å². The number of carbonyl (C=O) groups is 2. The van der Waals surface area contributed by atoms with Crippen molar-refractivity contribution < 1.29 is 23.5 Å². The monoisotopic (exact) mass is 724 g/mol. The van der Waals surface area contributed by atoms with E-state index < -0.39 is 6.16 Å². The number of nitrogens with one attached hydrogen (secondary N) is 4. The highest BCUT2D eigenvalue weighted by Gasteiger charge is 2.57. The Morgan fingerprint density at radius 1 is 1.04 bits per heavy atom. The summed E-state index contributed by atoms with van der Waals surface area (Å²) in [6.45, 7) is 12.7. The van der Waals surface area contributed by atoms with Crippen LogP contribution < -0.4 is 21.3 Å². The zero-order chi connectivity index (χ0) is 37.2. The maximum atomic E-state index is 13.4. The number of nitrogens with zero attached hydrogens (tertiary/aromatic N) is 3. The van der Waals surface area contributed by atoms with E-state index in [1.807, 2.05) is 75.6 Å². The number of carbonyl (C=O) groups excluding carboxylic acids is 2. The first-order valence-corrected chi connectivity index (χ1v) is 19.5. The molecule has 0 spiro atoms. The second-order valence-corrected chi connectivity index (χ2v) is 16.9. The number of quaternary nitrogens is 1. The first-order valence-electron chi connectivity index (χ1n) is 19.5. The molecule has 4 fully saturated rings. The Hall–Kier alpha value is -4.03. The molecule has 1 aromatic heterocycles. The molecule has 3 heterocycles. The summed E-state index contributed by atoms with van der Waals surface area (Å²) in [6, 6.07) is 18.4. The standard InChI is InChI=1S/C42H57N7O4/c1-29(2)31(4)53-40(51)52-28-49(5)22-20-48(21-23-49)26-32-10-12-33(13-11-32)38(50)44-35-14-9-30(3)36(24-35)45-39-46-37(34-8-6-19-43-25-34)41-15-7-16-42(27-41,47-39)18-17-41/h6,8-14,19,24-25,29,31,37,39,45-47H,7,15-18,20-23,26-28H2,1-5H3/p+1. The molecule has 2 bridgehead atoms. The highest BCUT2D eigenvalue weighted by atomic mass is 16.7. The summed E-state index contributed by atoms with van der Waals surface area (Å²) in [6.07, 6.45) is 10.3. The molecular formula is C42H58N7O4+. The molecule has 7 rings (SSSR count). The summed E-state index contributed by atoms with van der Waals surface area (Å²) < 4.78 is 11.5. The second-order valence-electron chi connectivity index (χ2n) is 16.9. The Kier molecular flexibility index (Phi) is 10.8. The Labute approximate surface area is 314 Å². The van der Waals surface area contributed by atoms with Crippen LogP contribution in [0.25, 0.3) is 0 Å². The van der Waals surface area contributed by atoms with Gasteiger partial charge in [-0.1, -0.05) is 44.5 Å². The molecule has 2 aliphatic heterocycles. The van der Waals surface area contributed by atoms with E-state index in [4.69, 9.17) is 9.47 Å². The Morgan fingerprint density at radius 3 is 2.57 bits per heavy atom. The van der Waals surface area contributed by atoms with Gasteiger partial charge in [-0.3, -0.25) is 29.8 Å². The molecule has 4 aliphatic rings. The van der Waals surface area contributed by atoms with Crippen molar-refractivity contribution >= 4 is 23.4 Å². The molecule has 5 unspecified atom stereocenters. The van der Waals surface area contributed by atoms with Crippen LogP contribution in [0, 0.1) is 18.3 Å². The predicted octanol–water partition coefficient (Wildman–Crippen LogP) is 6.78. The van der Waals surface area contributed by atoms with Gasteiger partial charge in [-0.25, -0.2) is 4.79 Å². The van der Waals surface area contributed by atoms with Gasteiger partial charge in [0, 0.05) is 60.5 Å². The average molecular weight is 725 g/mol. The van der Waals surface area contributed by atoms with E-state index in [-0.39, 0.29) is 41.2 Å². The van der Waals surface area contributed by atoms with E-state index in [0.29, 0.717) is 16.8 Å². The summed E-state index contributed by atoms with van der Waals surface area (Å²) in [5.74, 6) is 0.113. The van der Waals surface area contributed by atoms with E-state index in [0.717, 1.165) is 55.2 Å². The number of likely N-dealkylation sites (N-methyl/N-ethyl adjacent to an activating group) is 1. The molecule has 3 aromatic rings. The SMILES string of the molecule is Cc1ccc(NC(=O)c2ccc(CN3CC[N+](C)(COC(=O)OC(C)C(C)C)CC3)cc2)cc1NC1NC(c2cccnc2)C23CCCC(CC2)(C3)N1. The minimum Gasteiger partial charge on any atom is -0.431 e. The number of rotatable bonds is 11. The van der Waals surface area contributed by atoms with Crippen LogP contribution in [0.3, 0.4) is 0 Å². The molecular weight excluding hydrogens is 667 g/mol. The number of hydrogen-bond donors (Lipinski definition) is 4. The summed E-state index contributed by atoms with van der Waals surface area (Å²) in [5.41, 5.74) is 6.26. The lowest BCUT2D eigenvalue weighted by Gasteiger charge is -2.41. The van der Waals surface area contributed by atoms with Gasteiger partial charge in [0.25, 0.3) is 5.91 Å². The van der Waals surface area contributed by atoms with Gasteiger partial charge in [-0.15, -0.1) is 0 Å². The van der Waals surface area contributed by atoms with E-state index in [2.05, 4.69) is 57.3 Å². The van der Waals surface area contributed by atoms with Crippen molar-refractivity contribution in [2.45, 2.75) is 96.7 Å². The number of amides is 1. The lowest BCUT2D eigenvalue weighted by molar-refractivity contribution is -0.929. The normalized spacial score (nSPS) is 27.1. The quantitative estimate of drug-likeness (QED) is 0.125. The van der Waals surface area contributed by atoms with Crippen molar-refractivity contribution in [2.24, 2.45) is 11.3 Å². The van der Waals surface area contributed by atoms with Crippen LogP contribution >= 0.6 is 0 Å². The van der Waals surface area contributed by atoms with E-state index in [9.17, 15) is 9.59 Å². The number of benzene rings is 2. The molecule has 5 atom stereocenters. The molecule has 53 heavy (non-hydrogen) atoms. The third-order valence-electron chi connectivity index (χ3n) is 12.6. The smallest absolute Gasteiger partial charge is 0.431 e. The topological polar surface area (TPSA) is 117 Å². The zero-order valence-corrected chi connectivity index (χ0v) is 32.1. The van der Waals surface area contributed by atoms with Crippen LogP contribution in [0.5, 0.6) is 0 Å². The molecule has 2 aliphatic carbocycles. The van der Waals surface area contributed by atoms with Gasteiger partial charge in [0.05, 0.1) is 20.1 Å². The first kappa shape index (κ1) is 37.3. The van der Waals surface area contributed by atoms with Crippen LogP contribution in [0.4, 0.5) is 16.2 Å². The number of aromatic nitrogens is 1. The van der Waals surface area contributed by atoms with Crippen LogP contribution in [0.1, 0.15) is 92.4 Å². The molecule has 11 nitrogen and oxygen atoms in total. The van der Waals surface area contributed by atoms with Crippen LogP contribution in [-0.4, -0.2) is 84.3 Å². The second kappa shape index (κ2) is 15.4. The fourth-order valence-corrected chi connectivity index (χ4v) is 8.94. The molecule has 0 radical (unpaired) electrons. The summed E-state index contributed by atoms with van der Waals surface area (Å²) in [4.78, 5) is 32.4. The largest absolute Gasteiger partial charge is 0.512 e. The van der Waals surface area contributed by atoms with Gasteiger partial charge in [-0.2, -0.15) is 0 Å². The van der Waals surface area contributed by atoms with Crippen molar-refractivity contribution in [2.75, 3.05) is 50.6 Å². The molecule has 284 valence electrons. The van der Waals surface area contributed by atoms with Gasteiger partial charge >= 0.3 is 6.16 Å². The van der Waals surface area contributed by atoms with Crippen molar-refractivity contribution in [3.63, 3.8) is 0 Å². The maximum absolute atomic E-state index is 13.4.